The number of carbonyl (C=O) groups is 4. The van der Waals surface area contributed by atoms with Crippen LogP contribution < -0.4 is 21.7 Å². The van der Waals surface area contributed by atoms with Crippen LogP contribution in [0.2, 0.25) is 0 Å². The Morgan fingerprint density at radius 2 is 1.74 bits per heavy atom. The molecule has 0 aliphatic heterocycles. The number of likely N-dealkylation sites (N-methyl/N-ethyl adjacent to an activating group) is 1. The minimum atomic E-state index is -0.624. The van der Waals surface area contributed by atoms with Crippen LogP contribution in [0.15, 0.2) is 24.3 Å². The second kappa shape index (κ2) is 13.4. The van der Waals surface area contributed by atoms with E-state index < -0.39 is 11.9 Å². The lowest BCUT2D eigenvalue weighted by Gasteiger charge is -2.22. The quantitative estimate of drug-likeness (QED) is 0.276. The summed E-state index contributed by atoms with van der Waals surface area (Å²) in [6.07, 6.45) is 1.04. The predicted molar refractivity (Wildman–Crippen MR) is 118 cm³/mol. The fourth-order valence-corrected chi connectivity index (χ4v) is 3.24. The smallest absolute Gasteiger partial charge is 0.312 e. The number of anilines is 1. The average molecular weight is 435 g/mol. The molecule has 0 heterocycles. The van der Waals surface area contributed by atoms with E-state index in [4.69, 9.17) is 10.5 Å². The minimum Gasteiger partial charge on any atom is -0.461 e. The van der Waals surface area contributed by atoms with Crippen LogP contribution in [0.3, 0.4) is 0 Å². The van der Waals surface area contributed by atoms with Crippen LogP contribution in [0.25, 0.3) is 0 Å². The Balaban J connectivity index is 2.80. The number of hydrogen-bond donors (Lipinski definition) is 4. The van der Waals surface area contributed by atoms with E-state index >= 15 is 0 Å². The van der Waals surface area contributed by atoms with Gasteiger partial charge in [-0.2, -0.15) is 0 Å². The van der Waals surface area contributed by atoms with E-state index in [1.54, 1.807) is 31.3 Å². The molecule has 2 unspecified atom stereocenters. The molecule has 2 atom stereocenters. The molecule has 0 spiro atoms. The van der Waals surface area contributed by atoms with E-state index in [-0.39, 0.29) is 42.6 Å². The number of benzene rings is 1. The Morgan fingerprint density at radius 3 is 2.26 bits per heavy atom. The average Bonchev–Trinajstić information content (AvgIpc) is 2.69. The molecule has 9 heteroatoms. The number of hydrogen-bond acceptors (Lipinski definition) is 6. The number of nitrogens with one attached hydrogen (secondary N) is 3. The van der Waals surface area contributed by atoms with Crippen molar-refractivity contribution in [2.75, 3.05) is 18.9 Å². The van der Waals surface area contributed by atoms with Gasteiger partial charge in [0.1, 0.15) is 6.61 Å². The Morgan fingerprint density at radius 1 is 1.10 bits per heavy atom. The Labute approximate surface area is 183 Å². The van der Waals surface area contributed by atoms with E-state index in [9.17, 15) is 19.2 Å². The summed E-state index contributed by atoms with van der Waals surface area (Å²) in [7, 11) is 1.73. The van der Waals surface area contributed by atoms with E-state index in [0.29, 0.717) is 25.1 Å². The maximum atomic E-state index is 12.9. The van der Waals surface area contributed by atoms with Crippen molar-refractivity contribution in [3.8, 4) is 0 Å². The number of urea groups is 1. The maximum Gasteiger partial charge on any atom is 0.312 e. The highest BCUT2D eigenvalue weighted by molar-refractivity contribution is 5.96. The van der Waals surface area contributed by atoms with Crippen molar-refractivity contribution in [2.45, 2.75) is 52.7 Å². The van der Waals surface area contributed by atoms with Crippen LogP contribution in [-0.2, 0) is 25.7 Å². The first-order valence-corrected chi connectivity index (χ1v) is 10.4. The lowest BCUT2D eigenvalue weighted by Crippen LogP contribution is -2.40. The molecule has 0 saturated heterocycles. The van der Waals surface area contributed by atoms with Gasteiger partial charge >= 0.3 is 12.0 Å². The second-order valence-electron chi connectivity index (χ2n) is 7.78. The van der Waals surface area contributed by atoms with E-state index in [1.165, 1.54) is 6.92 Å². The zero-order valence-electron chi connectivity index (χ0n) is 18.7. The summed E-state index contributed by atoms with van der Waals surface area (Å²) >= 11 is 0. The van der Waals surface area contributed by atoms with Crippen molar-refractivity contribution in [1.29, 1.82) is 0 Å². The van der Waals surface area contributed by atoms with Gasteiger partial charge in [0.05, 0.1) is 6.04 Å². The normalized spacial score (nSPS) is 12.7. The number of esters is 1. The van der Waals surface area contributed by atoms with E-state index in [0.717, 1.165) is 5.56 Å². The molecule has 0 aliphatic carbocycles. The molecular weight excluding hydrogens is 400 g/mol. The van der Waals surface area contributed by atoms with E-state index in [2.05, 4.69) is 16.0 Å². The number of amides is 3. The number of primary amides is 1. The third-order valence-corrected chi connectivity index (χ3v) is 4.84. The highest BCUT2D eigenvalue weighted by Gasteiger charge is 2.27. The third kappa shape index (κ3) is 10.1. The predicted octanol–water partition coefficient (Wildman–Crippen LogP) is 1.96. The Bertz CT molecular complexity index is 749. The van der Waals surface area contributed by atoms with Gasteiger partial charge in [-0.25, -0.2) is 4.79 Å². The number of carbonyl (C=O) groups excluding carboxylic acids is 4. The van der Waals surface area contributed by atoms with Crippen LogP contribution in [0, 0.1) is 11.8 Å². The second-order valence-corrected chi connectivity index (χ2v) is 7.78. The molecule has 172 valence electrons. The third-order valence-electron chi connectivity index (χ3n) is 4.84. The van der Waals surface area contributed by atoms with E-state index in [1.807, 2.05) is 13.8 Å². The van der Waals surface area contributed by atoms with Crippen LogP contribution in [0.5, 0.6) is 0 Å². The first kappa shape index (κ1) is 26.1. The number of ketones is 1. The van der Waals surface area contributed by atoms with Crippen LogP contribution >= 0.6 is 0 Å². The monoisotopic (exact) mass is 434 g/mol. The molecule has 0 radical (unpaired) electrons. The zero-order valence-corrected chi connectivity index (χ0v) is 18.7. The molecule has 0 bridgehead atoms. The highest BCUT2D eigenvalue weighted by atomic mass is 16.5. The molecule has 3 amide bonds. The largest absolute Gasteiger partial charge is 0.461 e. The first-order valence-electron chi connectivity index (χ1n) is 10.4. The summed E-state index contributed by atoms with van der Waals surface area (Å²) < 4.78 is 4.95. The highest BCUT2D eigenvalue weighted by Crippen LogP contribution is 2.19. The van der Waals surface area contributed by atoms with Gasteiger partial charge in [-0.3, -0.25) is 14.4 Å². The number of rotatable bonds is 13. The Hall–Kier alpha value is -2.94. The topological polar surface area (TPSA) is 140 Å². The molecule has 0 fully saturated rings. The molecule has 1 rings (SSSR count). The molecule has 0 saturated carbocycles. The van der Waals surface area contributed by atoms with Crippen LogP contribution in [-0.4, -0.2) is 43.3 Å². The summed E-state index contributed by atoms with van der Waals surface area (Å²) in [5.74, 6) is -1.10. The summed E-state index contributed by atoms with van der Waals surface area (Å²) in [6.45, 7) is 5.73. The van der Waals surface area contributed by atoms with Gasteiger partial charge in [0.2, 0.25) is 5.91 Å². The number of nitrogens with two attached hydrogens (primary N) is 1. The summed E-state index contributed by atoms with van der Waals surface area (Å²) in [6, 6.07) is 5.99. The minimum absolute atomic E-state index is 0.0303. The van der Waals surface area contributed by atoms with Gasteiger partial charge in [0.25, 0.3) is 0 Å². The van der Waals surface area contributed by atoms with Gasteiger partial charge in [-0.05, 0) is 43.5 Å². The first-order chi connectivity index (χ1) is 14.6. The summed E-state index contributed by atoms with van der Waals surface area (Å²) in [5, 5.41) is 8.35. The standard InChI is InChI=1S/C22H34N4O5/c1-14(2)20(24-4)19(28)12-17(6-5-11-25-22(23)30)21(29)26-18-9-7-16(8-10-18)13-31-15(3)27/h7-10,14,17,20,24H,5-6,11-13H2,1-4H3,(H,26,29)(H3,23,25,30). The fourth-order valence-electron chi connectivity index (χ4n) is 3.24. The number of ether oxygens (including phenoxy) is 1. The summed E-state index contributed by atoms with van der Waals surface area (Å²) in [4.78, 5) is 47.4. The molecule has 1 aromatic carbocycles. The molecule has 9 nitrogen and oxygen atoms in total. The molecule has 5 N–H and O–H groups in total. The van der Waals surface area contributed by atoms with Crippen molar-refractivity contribution in [1.82, 2.24) is 10.6 Å². The van der Waals surface area contributed by atoms with Crippen LogP contribution in [0.4, 0.5) is 10.5 Å². The van der Waals surface area contributed by atoms with Crippen molar-refractivity contribution >= 4 is 29.4 Å². The van der Waals surface area contributed by atoms with Gasteiger partial charge in [0.15, 0.2) is 5.78 Å². The van der Waals surface area contributed by atoms with Crippen molar-refractivity contribution < 1.29 is 23.9 Å². The van der Waals surface area contributed by atoms with Crippen molar-refractivity contribution in [2.24, 2.45) is 17.6 Å². The Kier molecular flexibility index (Phi) is 11.3. The van der Waals surface area contributed by atoms with Crippen molar-refractivity contribution in [3.05, 3.63) is 29.8 Å². The molecule has 0 aliphatic rings. The van der Waals surface area contributed by atoms with Crippen molar-refractivity contribution in [3.63, 3.8) is 0 Å². The lowest BCUT2D eigenvalue weighted by molar-refractivity contribution is -0.142. The zero-order chi connectivity index (χ0) is 23.4. The summed E-state index contributed by atoms with van der Waals surface area (Å²) in [5.41, 5.74) is 6.45. The number of Topliss-reactive ketones (excluding diaryl/α,β-unsaturated/α-hetero) is 1. The fraction of sp³-hybridized carbons (Fsp3) is 0.545. The van der Waals surface area contributed by atoms with Crippen LogP contribution in [0.1, 0.15) is 45.6 Å². The molecule has 1 aromatic rings. The SMILES string of the molecule is CNC(C(=O)CC(CCCNC(N)=O)C(=O)Nc1ccc(COC(C)=O)cc1)C(C)C. The molecular formula is C22H34N4O5. The molecule has 31 heavy (non-hydrogen) atoms. The maximum absolute atomic E-state index is 12.9. The lowest BCUT2D eigenvalue weighted by atomic mass is 9.89. The van der Waals surface area contributed by atoms with Gasteiger partial charge < -0.3 is 26.4 Å². The van der Waals surface area contributed by atoms with Gasteiger partial charge in [-0.15, -0.1) is 0 Å². The molecule has 0 aromatic heterocycles. The van der Waals surface area contributed by atoms with Gasteiger partial charge in [-0.1, -0.05) is 26.0 Å². The van der Waals surface area contributed by atoms with Gasteiger partial charge in [0, 0.05) is 31.5 Å².